The molecule has 2 aromatic carbocycles. The maximum atomic E-state index is 12.8. The summed E-state index contributed by atoms with van der Waals surface area (Å²) in [5, 5.41) is 0. The van der Waals surface area contributed by atoms with Gasteiger partial charge in [0.1, 0.15) is 11.3 Å². The van der Waals surface area contributed by atoms with Gasteiger partial charge in [0.15, 0.2) is 16.3 Å². The third-order valence-electron chi connectivity index (χ3n) is 4.10. The number of amides is 1. The Hall–Kier alpha value is -3.06. The van der Waals surface area contributed by atoms with Gasteiger partial charge >= 0.3 is 0 Å². The van der Waals surface area contributed by atoms with E-state index in [4.69, 9.17) is 14.2 Å². The molecule has 7 heteroatoms. The largest absolute Gasteiger partial charge is 0.493 e. The number of para-hydroxylation sites is 1. The number of allylic oxidation sites excluding steroid dienone is 1. The zero-order chi connectivity index (χ0) is 20.1. The summed E-state index contributed by atoms with van der Waals surface area (Å²) < 4.78 is 19.2. The minimum atomic E-state index is -0.358. The SMILES string of the molecule is C=CCn1c(=NC(=O)c2ccc(OC)c(OC)c2)sc2cccc(OCC)c21. The van der Waals surface area contributed by atoms with Crippen molar-refractivity contribution < 1.29 is 19.0 Å². The van der Waals surface area contributed by atoms with Crippen LogP contribution in [-0.4, -0.2) is 31.3 Å². The second-order valence-corrected chi connectivity index (χ2v) is 6.82. The molecule has 1 amide bonds. The van der Waals surface area contributed by atoms with E-state index in [9.17, 15) is 4.79 Å². The summed E-state index contributed by atoms with van der Waals surface area (Å²) in [5.74, 6) is 1.45. The number of hydrogen-bond donors (Lipinski definition) is 0. The van der Waals surface area contributed by atoms with Crippen molar-refractivity contribution in [1.82, 2.24) is 4.57 Å². The summed E-state index contributed by atoms with van der Waals surface area (Å²) >= 11 is 1.44. The fourth-order valence-electron chi connectivity index (χ4n) is 2.87. The second-order valence-electron chi connectivity index (χ2n) is 5.81. The molecule has 0 N–H and O–H groups in total. The number of thiazole rings is 1. The molecule has 1 heterocycles. The summed E-state index contributed by atoms with van der Waals surface area (Å²) in [5.41, 5.74) is 1.33. The van der Waals surface area contributed by atoms with Crippen LogP contribution < -0.4 is 19.0 Å². The molecule has 0 aliphatic rings. The average Bonchev–Trinajstić information content (AvgIpc) is 3.06. The van der Waals surface area contributed by atoms with Gasteiger partial charge in [0.2, 0.25) is 0 Å². The first-order valence-corrected chi connectivity index (χ1v) is 9.61. The predicted octanol–water partition coefficient (Wildman–Crippen LogP) is 4.05. The average molecular weight is 398 g/mol. The van der Waals surface area contributed by atoms with Gasteiger partial charge in [0.05, 0.1) is 25.5 Å². The van der Waals surface area contributed by atoms with E-state index in [-0.39, 0.29) is 5.91 Å². The summed E-state index contributed by atoms with van der Waals surface area (Å²) in [6, 6.07) is 10.8. The molecule has 3 rings (SSSR count). The van der Waals surface area contributed by atoms with Crippen LogP contribution in [0.25, 0.3) is 10.2 Å². The number of ether oxygens (including phenoxy) is 3. The summed E-state index contributed by atoms with van der Waals surface area (Å²) in [7, 11) is 3.08. The van der Waals surface area contributed by atoms with Crippen molar-refractivity contribution in [3.05, 3.63) is 59.4 Å². The molecule has 0 spiro atoms. The second kappa shape index (κ2) is 8.75. The Morgan fingerprint density at radius 1 is 1.18 bits per heavy atom. The highest BCUT2D eigenvalue weighted by Gasteiger charge is 2.14. The number of methoxy groups -OCH3 is 2. The number of rotatable bonds is 7. The van der Waals surface area contributed by atoms with Gasteiger partial charge < -0.3 is 18.8 Å². The van der Waals surface area contributed by atoms with Gasteiger partial charge in [-0.15, -0.1) is 6.58 Å². The van der Waals surface area contributed by atoms with Crippen LogP contribution in [-0.2, 0) is 6.54 Å². The zero-order valence-corrected chi connectivity index (χ0v) is 16.9. The normalized spacial score (nSPS) is 11.5. The van der Waals surface area contributed by atoms with Crippen LogP contribution in [0.15, 0.2) is 54.0 Å². The van der Waals surface area contributed by atoms with E-state index in [2.05, 4.69) is 11.6 Å². The highest BCUT2D eigenvalue weighted by Crippen LogP contribution is 2.29. The molecule has 0 saturated carbocycles. The lowest BCUT2D eigenvalue weighted by molar-refractivity contribution is 0.0997. The van der Waals surface area contributed by atoms with Crippen LogP contribution in [0.3, 0.4) is 0 Å². The Labute approximate surface area is 167 Å². The standard InChI is InChI=1S/C21H22N2O4S/c1-5-12-23-19-16(27-6-2)8-7-9-18(19)28-21(23)22-20(24)14-10-11-15(25-3)17(13-14)26-4/h5,7-11,13H,1,6,12H2,2-4H3. The van der Waals surface area contributed by atoms with Crippen LogP contribution >= 0.6 is 11.3 Å². The Balaban J connectivity index is 2.13. The molecule has 28 heavy (non-hydrogen) atoms. The van der Waals surface area contributed by atoms with E-state index < -0.39 is 0 Å². The van der Waals surface area contributed by atoms with Crippen molar-refractivity contribution in [2.24, 2.45) is 4.99 Å². The summed E-state index contributed by atoms with van der Waals surface area (Å²) in [6.45, 7) is 6.84. The third-order valence-corrected chi connectivity index (χ3v) is 5.15. The lowest BCUT2D eigenvalue weighted by Gasteiger charge is -2.08. The summed E-state index contributed by atoms with van der Waals surface area (Å²) in [6.07, 6.45) is 1.77. The predicted molar refractivity (Wildman–Crippen MR) is 111 cm³/mol. The molecule has 0 bridgehead atoms. The quantitative estimate of drug-likeness (QED) is 0.564. The molecule has 0 aliphatic carbocycles. The molecule has 1 aromatic heterocycles. The third kappa shape index (κ3) is 3.80. The Morgan fingerprint density at radius 2 is 1.96 bits per heavy atom. The monoisotopic (exact) mass is 398 g/mol. The van der Waals surface area contributed by atoms with Crippen molar-refractivity contribution in [3.63, 3.8) is 0 Å². The highest BCUT2D eigenvalue weighted by molar-refractivity contribution is 7.16. The molecule has 0 unspecified atom stereocenters. The first-order valence-electron chi connectivity index (χ1n) is 8.80. The lowest BCUT2D eigenvalue weighted by atomic mass is 10.2. The molecule has 146 valence electrons. The van der Waals surface area contributed by atoms with Gasteiger partial charge in [-0.3, -0.25) is 4.79 Å². The molecule has 0 saturated heterocycles. The van der Waals surface area contributed by atoms with E-state index in [1.54, 1.807) is 31.4 Å². The zero-order valence-electron chi connectivity index (χ0n) is 16.1. The van der Waals surface area contributed by atoms with Gasteiger partial charge in [-0.05, 0) is 37.3 Å². The van der Waals surface area contributed by atoms with Crippen molar-refractivity contribution in [3.8, 4) is 17.2 Å². The van der Waals surface area contributed by atoms with Crippen molar-refractivity contribution in [2.75, 3.05) is 20.8 Å². The molecular formula is C21H22N2O4S. The number of aromatic nitrogens is 1. The van der Waals surface area contributed by atoms with Crippen molar-refractivity contribution in [2.45, 2.75) is 13.5 Å². The summed E-state index contributed by atoms with van der Waals surface area (Å²) in [4.78, 5) is 17.7. The lowest BCUT2D eigenvalue weighted by Crippen LogP contribution is -2.16. The van der Waals surface area contributed by atoms with Crippen molar-refractivity contribution >= 4 is 27.5 Å². The Kier molecular flexibility index (Phi) is 6.16. The van der Waals surface area contributed by atoms with Gasteiger partial charge in [-0.2, -0.15) is 4.99 Å². The highest BCUT2D eigenvalue weighted by atomic mass is 32.1. The molecule has 6 nitrogen and oxygen atoms in total. The fourth-order valence-corrected chi connectivity index (χ4v) is 3.93. The van der Waals surface area contributed by atoms with Gasteiger partial charge in [-0.1, -0.05) is 23.5 Å². The Morgan fingerprint density at radius 3 is 2.64 bits per heavy atom. The van der Waals surface area contributed by atoms with Crippen LogP contribution in [0.2, 0.25) is 0 Å². The fraction of sp³-hybridized carbons (Fsp3) is 0.238. The van der Waals surface area contributed by atoms with Crippen molar-refractivity contribution in [1.29, 1.82) is 0 Å². The number of nitrogens with zero attached hydrogens (tertiary/aromatic N) is 2. The minimum Gasteiger partial charge on any atom is -0.493 e. The molecule has 0 atom stereocenters. The molecular weight excluding hydrogens is 376 g/mol. The van der Waals surface area contributed by atoms with Crippen LogP contribution in [0.4, 0.5) is 0 Å². The van der Waals surface area contributed by atoms with E-state index in [1.807, 2.05) is 29.7 Å². The van der Waals surface area contributed by atoms with Gasteiger partial charge in [-0.25, -0.2) is 0 Å². The van der Waals surface area contributed by atoms with Crippen LogP contribution in [0.5, 0.6) is 17.2 Å². The Bertz CT molecular complexity index is 1080. The first kappa shape index (κ1) is 19.7. The minimum absolute atomic E-state index is 0.358. The van der Waals surface area contributed by atoms with Crippen LogP contribution in [0.1, 0.15) is 17.3 Å². The molecule has 0 aliphatic heterocycles. The topological polar surface area (TPSA) is 62.1 Å². The van der Waals surface area contributed by atoms with E-state index >= 15 is 0 Å². The van der Waals surface area contributed by atoms with E-state index in [1.165, 1.54) is 18.4 Å². The smallest absolute Gasteiger partial charge is 0.279 e. The number of hydrogen-bond acceptors (Lipinski definition) is 5. The number of carbonyl (C=O) groups is 1. The maximum Gasteiger partial charge on any atom is 0.279 e. The molecule has 0 fully saturated rings. The van der Waals surface area contributed by atoms with Gasteiger partial charge in [0, 0.05) is 12.1 Å². The first-order chi connectivity index (χ1) is 13.6. The number of fused-ring (bicyclic) bond motifs is 1. The van der Waals surface area contributed by atoms with E-state index in [0.717, 1.165) is 16.0 Å². The molecule has 0 radical (unpaired) electrons. The maximum absolute atomic E-state index is 12.8. The van der Waals surface area contributed by atoms with E-state index in [0.29, 0.717) is 35.0 Å². The van der Waals surface area contributed by atoms with Crippen LogP contribution in [0, 0.1) is 0 Å². The number of carbonyl (C=O) groups excluding carboxylic acids is 1. The van der Waals surface area contributed by atoms with Gasteiger partial charge in [0.25, 0.3) is 5.91 Å². The molecule has 3 aromatic rings. The number of benzene rings is 2.